The summed E-state index contributed by atoms with van der Waals surface area (Å²) in [5.41, 5.74) is 1.09. The summed E-state index contributed by atoms with van der Waals surface area (Å²) in [5.74, 6) is 0.650. The summed E-state index contributed by atoms with van der Waals surface area (Å²) in [4.78, 5) is 4.37. The van der Waals surface area contributed by atoms with Crippen molar-refractivity contribution in [1.29, 1.82) is 0 Å². The van der Waals surface area contributed by atoms with Crippen LogP contribution in [-0.4, -0.2) is 22.3 Å². The van der Waals surface area contributed by atoms with Crippen LogP contribution in [0.15, 0.2) is 16.6 Å². The molecule has 19 heavy (non-hydrogen) atoms. The van der Waals surface area contributed by atoms with Gasteiger partial charge in [-0.05, 0) is 35.8 Å². The molecule has 0 aliphatic heterocycles. The number of hydrogen-bond acceptors (Lipinski definition) is 2. The highest BCUT2D eigenvalue weighted by atomic mass is 79.9. The van der Waals surface area contributed by atoms with E-state index >= 15 is 0 Å². The Bertz CT molecular complexity index is 612. The number of imidazole rings is 1. The van der Waals surface area contributed by atoms with E-state index in [0.29, 0.717) is 22.4 Å². The van der Waals surface area contributed by atoms with E-state index in [1.54, 1.807) is 13.2 Å². The molecule has 0 unspecified atom stereocenters. The lowest BCUT2D eigenvalue weighted by atomic mass is 10.1. The third-order valence-corrected chi connectivity index (χ3v) is 3.93. The zero-order valence-corrected chi connectivity index (χ0v) is 13.3. The molecule has 1 aromatic carbocycles. The summed E-state index contributed by atoms with van der Waals surface area (Å²) in [7, 11) is 1.66. The minimum absolute atomic E-state index is 0.272. The van der Waals surface area contributed by atoms with Gasteiger partial charge < -0.3 is 9.30 Å². The molecule has 2 rings (SSSR count). The van der Waals surface area contributed by atoms with Crippen LogP contribution in [0.5, 0.6) is 0 Å². The summed E-state index contributed by atoms with van der Waals surface area (Å²) in [6.45, 7) is 4.56. The number of methoxy groups -OCH3 is 1. The maximum atomic E-state index is 13.5. The molecule has 104 valence electrons. The number of aromatic nitrogens is 2. The van der Waals surface area contributed by atoms with Crippen LogP contribution in [0.25, 0.3) is 11.0 Å². The Morgan fingerprint density at radius 2 is 2.16 bits per heavy atom. The smallest absolute Gasteiger partial charge is 0.139 e. The second-order valence-electron chi connectivity index (χ2n) is 4.97. The molecule has 0 N–H and O–H groups in total. The molecule has 0 radical (unpaired) electrons. The van der Waals surface area contributed by atoms with Gasteiger partial charge in [-0.1, -0.05) is 0 Å². The molecule has 0 spiro atoms. The Morgan fingerprint density at radius 3 is 2.74 bits per heavy atom. The number of nitrogens with zero attached hydrogens (tertiary/aromatic N) is 2. The van der Waals surface area contributed by atoms with Gasteiger partial charge in [0, 0.05) is 13.2 Å². The molecule has 0 saturated carbocycles. The minimum atomic E-state index is -0.352. The fraction of sp³-hybridized carbons (Fsp3) is 0.462. The van der Waals surface area contributed by atoms with Gasteiger partial charge in [0.2, 0.25) is 0 Å². The fourth-order valence-corrected chi connectivity index (χ4v) is 2.43. The quantitative estimate of drug-likeness (QED) is 0.777. The lowest BCUT2D eigenvalue weighted by Crippen LogP contribution is -2.29. The van der Waals surface area contributed by atoms with Crippen molar-refractivity contribution in [3.8, 4) is 0 Å². The van der Waals surface area contributed by atoms with E-state index in [2.05, 4.69) is 20.9 Å². The average Bonchev–Trinajstić information content (AvgIpc) is 2.67. The Hall–Kier alpha value is -0.650. The van der Waals surface area contributed by atoms with Gasteiger partial charge in [0.15, 0.2) is 0 Å². The molecule has 1 heterocycles. The molecule has 0 aliphatic rings. The first-order valence-electron chi connectivity index (χ1n) is 5.83. The molecule has 6 heteroatoms. The van der Waals surface area contributed by atoms with E-state index in [0.717, 1.165) is 5.52 Å². The van der Waals surface area contributed by atoms with Crippen LogP contribution in [0.1, 0.15) is 19.7 Å². The first-order chi connectivity index (χ1) is 8.88. The number of fused-ring (bicyclic) bond motifs is 1. The summed E-state index contributed by atoms with van der Waals surface area (Å²) >= 11 is 9.12. The minimum Gasteiger partial charge on any atom is -0.377 e. The van der Waals surface area contributed by atoms with Crippen molar-refractivity contribution < 1.29 is 9.13 Å². The van der Waals surface area contributed by atoms with Gasteiger partial charge in [-0.25, -0.2) is 9.37 Å². The van der Waals surface area contributed by atoms with Crippen molar-refractivity contribution >= 4 is 38.6 Å². The van der Waals surface area contributed by atoms with Crippen molar-refractivity contribution in [2.45, 2.75) is 31.9 Å². The summed E-state index contributed by atoms with van der Waals surface area (Å²) in [6.07, 6.45) is 0. The van der Waals surface area contributed by atoms with Crippen LogP contribution < -0.4 is 0 Å². The molecule has 3 nitrogen and oxygen atoms in total. The van der Waals surface area contributed by atoms with Crippen LogP contribution in [0.3, 0.4) is 0 Å². The fourth-order valence-electron chi connectivity index (χ4n) is 1.89. The van der Waals surface area contributed by atoms with Gasteiger partial charge in [-0.15, -0.1) is 11.6 Å². The third-order valence-electron chi connectivity index (χ3n) is 3.08. The summed E-state index contributed by atoms with van der Waals surface area (Å²) in [6, 6.07) is 3.13. The zero-order valence-electron chi connectivity index (χ0n) is 11.0. The Balaban J connectivity index is 2.60. The number of hydrogen-bond donors (Lipinski definition) is 0. The van der Waals surface area contributed by atoms with E-state index in [-0.39, 0.29) is 17.3 Å². The zero-order chi connectivity index (χ0) is 14.2. The van der Waals surface area contributed by atoms with Crippen molar-refractivity contribution in [2.24, 2.45) is 0 Å². The molecule has 0 fully saturated rings. The molecule has 0 saturated heterocycles. The third kappa shape index (κ3) is 2.93. The topological polar surface area (TPSA) is 27.1 Å². The van der Waals surface area contributed by atoms with E-state index in [1.165, 1.54) is 6.07 Å². The SMILES string of the molecule is COC(C)(C)Cn1c(CCl)nc2cc(F)c(Br)cc21. The van der Waals surface area contributed by atoms with Crippen LogP contribution in [0, 0.1) is 5.82 Å². The lowest BCUT2D eigenvalue weighted by molar-refractivity contribution is 0.00854. The highest BCUT2D eigenvalue weighted by molar-refractivity contribution is 9.10. The van der Waals surface area contributed by atoms with E-state index in [4.69, 9.17) is 16.3 Å². The lowest BCUT2D eigenvalue weighted by Gasteiger charge is -2.24. The normalized spacial score (nSPS) is 12.3. The van der Waals surface area contributed by atoms with E-state index < -0.39 is 0 Å². The molecular formula is C13H15BrClFN2O. The molecule has 0 aliphatic carbocycles. The van der Waals surface area contributed by atoms with Gasteiger partial charge >= 0.3 is 0 Å². The summed E-state index contributed by atoms with van der Waals surface area (Å²) < 4.78 is 21.4. The maximum Gasteiger partial charge on any atom is 0.139 e. The first-order valence-corrected chi connectivity index (χ1v) is 7.16. The Labute approximate surface area is 124 Å². The molecule has 0 bridgehead atoms. The van der Waals surface area contributed by atoms with Gasteiger partial charge in [0.05, 0.1) is 33.5 Å². The largest absolute Gasteiger partial charge is 0.377 e. The maximum absolute atomic E-state index is 13.5. The van der Waals surface area contributed by atoms with Crippen LogP contribution in [0.2, 0.25) is 0 Å². The second-order valence-corrected chi connectivity index (χ2v) is 6.09. The first kappa shape index (κ1) is 14.8. The van der Waals surface area contributed by atoms with Crippen LogP contribution in [-0.2, 0) is 17.2 Å². The van der Waals surface area contributed by atoms with Gasteiger partial charge in [0.25, 0.3) is 0 Å². The summed E-state index contributed by atoms with van der Waals surface area (Å²) in [5, 5.41) is 0. The van der Waals surface area contributed by atoms with Crippen molar-refractivity contribution in [1.82, 2.24) is 9.55 Å². The van der Waals surface area contributed by atoms with Crippen LogP contribution in [0.4, 0.5) is 4.39 Å². The van der Waals surface area contributed by atoms with Gasteiger partial charge in [-0.2, -0.15) is 0 Å². The van der Waals surface area contributed by atoms with E-state index in [9.17, 15) is 4.39 Å². The number of benzene rings is 1. The van der Waals surface area contributed by atoms with E-state index in [1.807, 2.05) is 18.4 Å². The molecule has 1 aromatic heterocycles. The van der Waals surface area contributed by atoms with Crippen molar-refractivity contribution in [3.63, 3.8) is 0 Å². The number of ether oxygens (including phenoxy) is 1. The standard InChI is InChI=1S/C13H15BrClFN2O/c1-13(2,19-3)7-18-11-4-8(14)9(16)5-10(11)17-12(18)6-15/h4-5H,6-7H2,1-3H3. The van der Waals surface area contributed by atoms with Gasteiger partial charge in [-0.3, -0.25) is 0 Å². The molecular weight excluding hydrogens is 335 g/mol. The average molecular weight is 350 g/mol. The van der Waals surface area contributed by atoms with Crippen molar-refractivity contribution in [2.75, 3.05) is 7.11 Å². The van der Waals surface area contributed by atoms with Gasteiger partial charge in [0.1, 0.15) is 11.6 Å². The predicted octanol–water partition coefficient (Wildman–Crippen LogP) is 4.10. The van der Waals surface area contributed by atoms with Crippen LogP contribution >= 0.6 is 27.5 Å². The number of alkyl halides is 1. The Morgan fingerprint density at radius 1 is 1.47 bits per heavy atom. The highest BCUT2D eigenvalue weighted by Crippen LogP contribution is 2.26. The van der Waals surface area contributed by atoms with Crippen molar-refractivity contribution in [3.05, 3.63) is 28.2 Å². The number of rotatable bonds is 4. The highest BCUT2D eigenvalue weighted by Gasteiger charge is 2.21. The second kappa shape index (κ2) is 5.38. The monoisotopic (exact) mass is 348 g/mol. The molecule has 2 aromatic rings. The molecule has 0 atom stereocenters. The predicted molar refractivity (Wildman–Crippen MR) is 78.0 cm³/mol. The molecule has 0 amide bonds. The number of halogens is 3. The Kier molecular flexibility index (Phi) is 4.18.